The number of nitrogens with one attached hydrogen (secondary N) is 5. The van der Waals surface area contributed by atoms with Gasteiger partial charge >= 0.3 is 0 Å². The third-order valence-electron chi connectivity index (χ3n) is 6.46. The number of carbonyl (C=O) groups is 2. The fourth-order valence-electron chi connectivity index (χ4n) is 4.73. The first kappa shape index (κ1) is 20.8. The Labute approximate surface area is 166 Å². The minimum atomic E-state index is -0.162. The number of amides is 2. The van der Waals surface area contributed by atoms with Crippen LogP contribution in [0.1, 0.15) is 40.5 Å². The maximum absolute atomic E-state index is 12.7. The third-order valence-corrected chi connectivity index (χ3v) is 6.46. The number of fused-ring (bicyclic) bond motifs is 1. The summed E-state index contributed by atoms with van der Waals surface area (Å²) < 4.78 is 0. The number of rotatable bonds is 4. The highest BCUT2D eigenvalue weighted by atomic mass is 16.2. The zero-order valence-electron chi connectivity index (χ0n) is 17.1. The van der Waals surface area contributed by atoms with Crippen molar-refractivity contribution in [2.24, 2.45) is 11.8 Å². The molecule has 0 radical (unpaired) electrons. The molecule has 2 saturated heterocycles. The maximum Gasteiger partial charge on any atom is 0.247 e. The molecule has 154 valence electrons. The molecule has 2 amide bonds. The van der Waals surface area contributed by atoms with E-state index in [0.717, 1.165) is 18.5 Å². The number of hydrogen-bond donors (Lipinski definition) is 5. The Morgan fingerprint density at radius 2 is 2.07 bits per heavy atom. The largest absolute Gasteiger partial charge is 0.350 e. The van der Waals surface area contributed by atoms with Gasteiger partial charge in [0.25, 0.3) is 0 Å². The van der Waals surface area contributed by atoms with Crippen molar-refractivity contribution < 1.29 is 9.59 Å². The van der Waals surface area contributed by atoms with Crippen molar-refractivity contribution in [3.05, 3.63) is 11.1 Å². The molecule has 28 heavy (non-hydrogen) atoms. The summed E-state index contributed by atoms with van der Waals surface area (Å²) in [6.07, 6.45) is 0.891. The van der Waals surface area contributed by atoms with Crippen LogP contribution in [-0.2, 0) is 9.59 Å². The molecule has 6 unspecified atom stereocenters. The average molecular weight is 389 g/mol. The Bertz CT molecular complexity index is 699. The van der Waals surface area contributed by atoms with Gasteiger partial charge in [-0.2, -0.15) is 5.26 Å². The second kappa shape index (κ2) is 8.60. The Balaban J connectivity index is 1.61. The summed E-state index contributed by atoms with van der Waals surface area (Å²) in [5, 5.41) is 25.3. The van der Waals surface area contributed by atoms with Crippen LogP contribution in [0.2, 0.25) is 0 Å². The van der Waals surface area contributed by atoms with Gasteiger partial charge in [-0.25, -0.2) is 0 Å². The van der Waals surface area contributed by atoms with Crippen LogP contribution >= 0.6 is 0 Å². The molecule has 3 heterocycles. The van der Waals surface area contributed by atoms with E-state index in [1.54, 1.807) is 0 Å². The lowest BCUT2D eigenvalue weighted by Gasteiger charge is -2.42. The maximum atomic E-state index is 12.7. The monoisotopic (exact) mass is 388 g/mol. The Morgan fingerprint density at radius 1 is 1.32 bits per heavy atom. The summed E-state index contributed by atoms with van der Waals surface area (Å²) in [7, 11) is 0. The minimum Gasteiger partial charge on any atom is -0.350 e. The molecular weight excluding hydrogens is 356 g/mol. The van der Waals surface area contributed by atoms with Gasteiger partial charge in [-0.1, -0.05) is 5.57 Å². The summed E-state index contributed by atoms with van der Waals surface area (Å²) in [6, 6.07) is 2.60. The molecule has 8 nitrogen and oxygen atoms in total. The average Bonchev–Trinajstić information content (AvgIpc) is 2.64. The van der Waals surface area contributed by atoms with Gasteiger partial charge in [0.2, 0.25) is 11.8 Å². The molecule has 0 spiro atoms. The van der Waals surface area contributed by atoms with Crippen LogP contribution in [0.3, 0.4) is 0 Å². The van der Waals surface area contributed by atoms with Gasteiger partial charge in [0, 0.05) is 36.2 Å². The molecule has 0 saturated carbocycles. The second-order valence-electron chi connectivity index (χ2n) is 8.41. The van der Waals surface area contributed by atoms with E-state index >= 15 is 0 Å². The van der Waals surface area contributed by atoms with Crippen molar-refractivity contribution in [3.8, 4) is 6.07 Å². The van der Waals surface area contributed by atoms with E-state index in [4.69, 9.17) is 5.26 Å². The lowest BCUT2D eigenvalue weighted by atomic mass is 9.76. The lowest BCUT2D eigenvalue weighted by molar-refractivity contribution is -0.124. The molecule has 3 aliphatic rings. The summed E-state index contributed by atoms with van der Waals surface area (Å²) in [6.45, 7) is 9.51. The molecule has 8 heteroatoms. The summed E-state index contributed by atoms with van der Waals surface area (Å²) in [4.78, 5) is 25.2. The Morgan fingerprint density at radius 3 is 2.75 bits per heavy atom. The number of nitrogens with zero attached hydrogens (tertiary/aromatic N) is 1. The number of carbonyl (C=O) groups excluding carboxylic acids is 2. The minimum absolute atomic E-state index is 0.0573. The first-order valence-electron chi connectivity index (χ1n) is 10.2. The first-order valence-corrected chi connectivity index (χ1v) is 10.2. The van der Waals surface area contributed by atoms with Crippen LogP contribution in [0.5, 0.6) is 0 Å². The molecule has 0 aromatic heterocycles. The molecule has 0 aromatic rings. The first-order chi connectivity index (χ1) is 13.3. The van der Waals surface area contributed by atoms with Crippen LogP contribution in [0.15, 0.2) is 11.1 Å². The number of hydrogen-bond acceptors (Lipinski definition) is 6. The predicted octanol–water partition coefficient (Wildman–Crippen LogP) is -0.259. The van der Waals surface area contributed by atoms with Gasteiger partial charge < -0.3 is 16.0 Å². The quantitative estimate of drug-likeness (QED) is 0.453. The normalized spacial score (nSPS) is 36.8. The van der Waals surface area contributed by atoms with Crippen molar-refractivity contribution >= 4 is 11.8 Å². The van der Waals surface area contributed by atoms with Crippen LogP contribution < -0.4 is 26.6 Å². The second-order valence-corrected chi connectivity index (χ2v) is 8.41. The summed E-state index contributed by atoms with van der Waals surface area (Å²) in [5.74, 6) is -0.130. The fraction of sp³-hybridized carbons (Fsp3) is 0.750. The number of nitriles is 1. The predicted molar refractivity (Wildman–Crippen MR) is 106 cm³/mol. The van der Waals surface area contributed by atoms with E-state index in [0.29, 0.717) is 12.1 Å². The molecule has 0 bridgehead atoms. The molecule has 5 N–H and O–H groups in total. The van der Waals surface area contributed by atoms with Crippen molar-refractivity contribution in [3.63, 3.8) is 0 Å². The van der Waals surface area contributed by atoms with Crippen LogP contribution in [0.25, 0.3) is 0 Å². The highest BCUT2D eigenvalue weighted by Gasteiger charge is 2.39. The molecule has 3 rings (SSSR count). The van der Waals surface area contributed by atoms with Gasteiger partial charge in [0.1, 0.15) is 0 Å². The summed E-state index contributed by atoms with van der Waals surface area (Å²) in [5.41, 5.74) is 1.61. The third kappa shape index (κ3) is 4.22. The van der Waals surface area contributed by atoms with Crippen LogP contribution in [-0.4, -0.2) is 55.2 Å². The topological polar surface area (TPSA) is 118 Å². The molecule has 0 aliphatic carbocycles. The zero-order chi connectivity index (χ0) is 20.4. The van der Waals surface area contributed by atoms with Crippen molar-refractivity contribution in [2.75, 3.05) is 13.1 Å². The smallest absolute Gasteiger partial charge is 0.247 e. The Hall–Kier alpha value is -1.95. The van der Waals surface area contributed by atoms with E-state index < -0.39 is 0 Å². The zero-order valence-corrected chi connectivity index (χ0v) is 17.1. The molecular formula is C20H32N6O2. The highest BCUT2D eigenvalue weighted by Crippen LogP contribution is 2.32. The van der Waals surface area contributed by atoms with E-state index in [-0.39, 0.29) is 60.4 Å². The van der Waals surface area contributed by atoms with Crippen molar-refractivity contribution in [2.45, 2.75) is 70.9 Å². The van der Waals surface area contributed by atoms with Crippen LogP contribution in [0, 0.1) is 23.2 Å². The number of piperidine rings is 1. The molecule has 2 fully saturated rings. The van der Waals surface area contributed by atoms with Crippen molar-refractivity contribution in [1.82, 2.24) is 26.6 Å². The van der Waals surface area contributed by atoms with Crippen molar-refractivity contribution in [1.29, 1.82) is 5.26 Å². The van der Waals surface area contributed by atoms with E-state index in [2.05, 4.69) is 39.6 Å². The standard InChI is InChI=1S/C20H32N6O2/c1-10-15(20(28)26-16-5-6-22-12(3)18(10)16)7-17(27)24-13(4)19-23-9-14(8-21)11(2)25-19/h11-14,16,18-19,22-23,25H,5-7,9H2,1-4H3,(H,24,27)(H,26,28)/t11?,12?,13-,14?,16?,18?,19?/m0/s1. The highest BCUT2D eigenvalue weighted by molar-refractivity contribution is 6.00. The molecule has 0 aromatic carbocycles. The van der Waals surface area contributed by atoms with E-state index in [1.807, 2.05) is 20.8 Å². The Kier molecular flexibility index (Phi) is 6.38. The SMILES string of the molecule is CC1=C(CC(=O)N[C@@H](C)C2NCC(C#N)C(C)N2)C(=O)NC2CCNC(C)C12. The lowest BCUT2D eigenvalue weighted by Crippen LogP contribution is -2.64. The van der Waals surface area contributed by atoms with Crippen LogP contribution in [0.4, 0.5) is 0 Å². The molecule has 3 aliphatic heterocycles. The summed E-state index contributed by atoms with van der Waals surface area (Å²) >= 11 is 0. The molecule has 7 atom stereocenters. The van der Waals surface area contributed by atoms with Gasteiger partial charge in [-0.15, -0.1) is 0 Å². The fourth-order valence-corrected chi connectivity index (χ4v) is 4.73. The van der Waals surface area contributed by atoms with E-state index in [1.165, 1.54) is 0 Å². The van der Waals surface area contributed by atoms with Gasteiger partial charge in [-0.05, 0) is 40.7 Å². The van der Waals surface area contributed by atoms with Gasteiger partial charge in [0.15, 0.2) is 0 Å². The van der Waals surface area contributed by atoms with Gasteiger partial charge in [-0.3, -0.25) is 20.2 Å². The van der Waals surface area contributed by atoms with Gasteiger partial charge in [0.05, 0.1) is 30.6 Å². The van der Waals surface area contributed by atoms with E-state index in [9.17, 15) is 9.59 Å².